The van der Waals surface area contributed by atoms with Crippen molar-refractivity contribution in [3.05, 3.63) is 33.7 Å². The Balaban J connectivity index is 1.84. The van der Waals surface area contributed by atoms with E-state index in [-0.39, 0.29) is 17.4 Å². The molecule has 1 aromatic heterocycles. The Morgan fingerprint density at radius 2 is 1.90 bits per heavy atom. The van der Waals surface area contributed by atoms with Gasteiger partial charge in [-0.3, -0.25) is 14.2 Å². The van der Waals surface area contributed by atoms with E-state index in [0.717, 1.165) is 5.69 Å². The lowest BCUT2D eigenvalue weighted by Gasteiger charge is -2.25. The van der Waals surface area contributed by atoms with Crippen molar-refractivity contribution in [1.82, 2.24) is 9.55 Å². The van der Waals surface area contributed by atoms with E-state index >= 15 is 0 Å². The second-order valence-corrected chi connectivity index (χ2v) is 7.63. The number of hydrogen-bond donors (Lipinski definition) is 1. The Morgan fingerprint density at radius 1 is 1.24 bits per heavy atom. The summed E-state index contributed by atoms with van der Waals surface area (Å²) in [6, 6.07) is 3.35. The summed E-state index contributed by atoms with van der Waals surface area (Å²) in [7, 11) is 4.56. The molecule has 2 aromatic rings. The number of hydrogen-bond acceptors (Lipinski definition) is 7. The van der Waals surface area contributed by atoms with Gasteiger partial charge in [-0.2, -0.15) is 0 Å². The lowest BCUT2D eigenvalue weighted by atomic mass is 10.1. The summed E-state index contributed by atoms with van der Waals surface area (Å²) < 4.78 is 17.6. The molecule has 0 bridgehead atoms. The maximum Gasteiger partial charge on any atom is 0.257 e. The Morgan fingerprint density at radius 3 is 2.45 bits per heavy atom. The molecule has 0 saturated heterocycles. The number of amides is 1. The number of ether oxygens (including phenoxy) is 3. The van der Waals surface area contributed by atoms with Crippen molar-refractivity contribution < 1.29 is 19.0 Å². The van der Waals surface area contributed by atoms with E-state index in [2.05, 4.69) is 10.3 Å². The van der Waals surface area contributed by atoms with E-state index < -0.39 is 0 Å². The van der Waals surface area contributed by atoms with Gasteiger partial charge in [0.1, 0.15) is 0 Å². The van der Waals surface area contributed by atoms with E-state index in [0.29, 0.717) is 52.4 Å². The molecule has 2 heterocycles. The standard InChI is InChI=1S/C20H25N3O5S/c1-6-14-11(2)21-20-23(19(14)25)9-12(10-29-20)18(24)22-13-7-15(26-3)17(28-5)16(8-13)27-4/h7-8,12H,6,9-10H2,1-5H3,(H,22,24). The van der Waals surface area contributed by atoms with Crippen molar-refractivity contribution in [1.29, 1.82) is 0 Å². The number of nitrogens with one attached hydrogen (secondary N) is 1. The molecule has 1 aliphatic heterocycles. The van der Waals surface area contributed by atoms with Crippen LogP contribution in [0.3, 0.4) is 0 Å². The molecule has 1 aromatic carbocycles. The summed E-state index contributed by atoms with van der Waals surface area (Å²) in [6.07, 6.45) is 0.616. The van der Waals surface area contributed by atoms with Gasteiger partial charge in [0.15, 0.2) is 16.7 Å². The van der Waals surface area contributed by atoms with Crippen LogP contribution in [0.25, 0.3) is 0 Å². The smallest absolute Gasteiger partial charge is 0.257 e. The molecule has 8 nitrogen and oxygen atoms in total. The molecule has 1 N–H and O–H groups in total. The second-order valence-electron chi connectivity index (χ2n) is 6.64. The first-order valence-corrected chi connectivity index (χ1v) is 10.3. The third kappa shape index (κ3) is 4.05. The zero-order valence-corrected chi connectivity index (χ0v) is 18.0. The lowest BCUT2D eigenvalue weighted by Crippen LogP contribution is -2.38. The van der Waals surface area contributed by atoms with Gasteiger partial charge in [-0.1, -0.05) is 18.7 Å². The highest BCUT2D eigenvalue weighted by atomic mass is 32.2. The minimum Gasteiger partial charge on any atom is -0.493 e. The number of thioether (sulfide) groups is 1. The molecule has 0 aliphatic carbocycles. The van der Waals surface area contributed by atoms with Crippen LogP contribution in [-0.4, -0.2) is 42.5 Å². The monoisotopic (exact) mass is 419 g/mol. The predicted octanol–water partition coefficient (Wildman–Crippen LogP) is 2.50. The Labute approximate surface area is 173 Å². The number of methoxy groups -OCH3 is 3. The summed E-state index contributed by atoms with van der Waals surface area (Å²) in [5, 5.41) is 3.57. The molecular weight excluding hydrogens is 394 g/mol. The molecule has 0 spiro atoms. The van der Waals surface area contributed by atoms with Gasteiger partial charge in [-0.05, 0) is 13.3 Å². The van der Waals surface area contributed by atoms with Crippen molar-refractivity contribution in [3.63, 3.8) is 0 Å². The third-order valence-corrected chi connectivity index (χ3v) is 6.05. The van der Waals surface area contributed by atoms with Gasteiger partial charge in [0.2, 0.25) is 11.7 Å². The summed E-state index contributed by atoms with van der Waals surface area (Å²) in [4.78, 5) is 30.2. The van der Waals surface area contributed by atoms with Crippen molar-refractivity contribution >= 4 is 23.4 Å². The molecule has 1 atom stereocenters. The average molecular weight is 420 g/mol. The fraction of sp³-hybridized carbons (Fsp3) is 0.450. The van der Waals surface area contributed by atoms with Crippen LogP contribution in [0.15, 0.2) is 22.1 Å². The van der Waals surface area contributed by atoms with Crippen molar-refractivity contribution in [2.45, 2.75) is 32.0 Å². The molecule has 0 fully saturated rings. The van der Waals surface area contributed by atoms with Crippen LogP contribution in [0.2, 0.25) is 0 Å². The van der Waals surface area contributed by atoms with Crippen molar-refractivity contribution in [2.24, 2.45) is 5.92 Å². The number of anilines is 1. The highest BCUT2D eigenvalue weighted by Crippen LogP contribution is 2.40. The quantitative estimate of drug-likeness (QED) is 0.719. The summed E-state index contributed by atoms with van der Waals surface area (Å²) in [6.45, 7) is 4.09. The number of aromatic nitrogens is 2. The zero-order valence-electron chi connectivity index (χ0n) is 17.2. The Hall–Kier alpha value is -2.68. The van der Waals surface area contributed by atoms with Gasteiger partial charge >= 0.3 is 0 Å². The number of aryl methyl sites for hydroxylation is 1. The summed E-state index contributed by atoms with van der Waals surface area (Å²) in [5.41, 5.74) is 1.92. The predicted molar refractivity (Wildman–Crippen MR) is 112 cm³/mol. The number of benzene rings is 1. The molecule has 1 amide bonds. The number of carbonyl (C=O) groups excluding carboxylic acids is 1. The number of rotatable bonds is 6. The number of fused-ring (bicyclic) bond motifs is 1. The first-order chi connectivity index (χ1) is 13.9. The maximum atomic E-state index is 12.9. The number of carbonyl (C=O) groups is 1. The molecule has 0 radical (unpaired) electrons. The van der Waals surface area contributed by atoms with Crippen LogP contribution in [0.5, 0.6) is 17.2 Å². The topological polar surface area (TPSA) is 91.7 Å². The minimum atomic E-state index is -0.362. The van der Waals surface area contributed by atoms with Crippen LogP contribution >= 0.6 is 11.8 Å². The van der Waals surface area contributed by atoms with Gasteiger partial charge in [0, 0.05) is 41.4 Å². The van der Waals surface area contributed by atoms with Gasteiger partial charge in [-0.25, -0.2) is 4.98 Å². The minimum absolute atomic E-state index is 0.0622. The molecule has 3 rings (SSSR count). The average Bonchev–Trinajstić information content (AvgIpc) is 2.72. The largest absolute Gasteiger partial charge is 0.493 e. The summed E-state index contributed by atoms with van der Waals surface area (Å²) in [5.74, 6) is 1.37. The van der Waals surface area contributed by atoms with Gasteiger partial charge in [0.05, 0.1) is 27.2 Å². The van der Waals surface area contributed by atoms with Crippen molar-refractivity contribution in [2.75, 3.05) is 32.4 Å². The van der Waals surface area contributed by atoms with Crippen LogP contribution in [0.4, 0.5) is 5.69 Å². The molecule has 156 valence electrons. The lowest BCUT2D eigenvalue weighted by molar-refractivity contribution is -0.119. The van der Waals surface area contributed by atoms with Crippen LogP contribution < -0.4 is 25.1 Å². The first kappa shape index (κ1) is 21.0. The normalized spacial score (nSPS) is 15.4. The molecule has 1 unspecified atom stereocenters. The van der Waals surface area contributed by atoms with Crippen LogP contribution in [0, 0.1) is 12.8 Å². The maximum absolute atomic E-state index is 12.9. The summed E-state index contributed by atoms with van der Waals surface area (Å²) >= 11 is 1.43. The van der Waals surface area contributed by atoms with E-state index in [1.165, 1.54) is 33.1 Å². The fourth-order valence-electron chi connectivity index (χ4n) is 3.36. The Kier molecular flexibility index (Phi) is 6.36. The van der Waals surface area contributed by atoms with E-state index in [1.807, 2.05) is 13.8 Å². The zero-order chi connectivity index (χ0) is 21.1. The Bertz CT molecular complexity index is 964. The second kappa shape index (κ2) is 8.77. The first-order valence-electron chi connectivity index (χ1n) is 9.27. The molecule has 1 aliphatic rings. The van der Waals surface area contributed by atoms with Crippen LogP contribution in [0.1, 0.15) is 18.2 Å². The van der Waals surface area contributed by atoms with Gasteiger partial charge < -0.3 is 19.5 Å². The van der Waals surface area contributed by atoms with Crippen molar-refractivity contribution in [3.8, 4) is 17.2 Å². The molecule has 29 heavy (non-hydrogen) atoms. The molecular formula is C20H25N3O5S. The fourth-order valence-corrected chi connectivity index (χ4v) is 4.48. The molecule has 0 saturated carbocycles. The van der Waals surface area contributed by atoms with Gasteiger partial charge in [-0.15, -0.1) is 0 Å². The highest BCUT2D eigenvalue weighted by molar-refractivity contribution is 7.99. The van der Waals surface area contributed by atoms with E-state index in [4.69, 9.17) is 14.2 Å². The van der Waals surface area contributed by atoms with E-state index in [9.17, 15) is 9.59 Å². The third-order valence-electron chi connectivity index (χ3n) is 4.91. The van der Waals surface area contributed by atoms with Gasteiger partial charge in [0.25, 0.3) is 5.56 Å². The van der Waals surface area contributed by atoms with Crippen LogP contribution in [-0.2, 0) is 17.8 Å². The number of nitrogens with zero attached hydrogens (tertiary/aromatic N) is 2. The van der Waals surface area contributed by atoms with E-state index in [1.54, 1.807) is 16.7 Å². The molecule has 9 heteroatoms. The SMILES string of the molecule is CCc1c(C)nc2n(c1=O)CC(C(=O)Nc1cc(OC)c(OC)c(OC)c1)CS2. The highest BCUT2D eigenvalue weighted by Gasteiger charge is 2.28.